The van der Waals surface area contributed by atoms with Gasteiger partial charge in [0.2, 0.25) is 0 Å². The summed E-state index contributed by atoms with van der Waals surface area (Å²) in [4.78, 5) is 0.236. The van der Waals surface area contributed by atoms with Crippen LogP contribution < -0.4 is 4.74 Å². The number of hydrogen-bond donors (Lipinski definition) is 1. The van der Waals surface area contributed by atoms with E-state index in [0.29, 0.717) is 5.56 Å². The molecule has 2 aromatic carbocycles. The lowest BCUT2D eigenvalue weighted by molar-refractivity contribution is 0.107. The average molecular weight is 334 g/mol. The van der Waals surface area contributed by atoms with Gasteiger partial charge in [-0.05, 0) is 61.2 Å². The van der Waals surface area contributed by atoms with E-state index < -0.39 is 15.9 Å². The normalized spacial score (nSPS) is 12.9. The van der Waals surface area contributed by atoms with Gasteiger partial charge in [0, 0.05) is 6.26 Å². The van der Waals surface area contributed by atoms with Crippen molar-refractivity contribution < 1.29 is 18.3 Å². The third kappa shape index (κ3) is 4.33. The van der Waals surface area contributed by atoms with Crippen molar-refractivity contribution >= 4 is 9.84 Å². The van der Waals surface area contributed by atoms with Crippen LogP contribution in [0.5, 0.6) is 5.75 Å². The Morgan fingerprint density at radius 1 is 1.09 bits per heavy atom. The highest BCUT2D eigenvalue weighted by Crippen LogP contribution is 2.25. The number of benzene rings is 2. The number of ether oxygens (including phenoxy) is 1. The zero-order valence-electron chi connectivity index (χ0n) is 13.8. The molecule has 23 heavy (non-hydrogen) atoms. The Morgan fingerprint density at radius 3 is 2.26 bits per heavy atom. The van der Waals surface area contributed by atoms with Crippen LogP contribution in [-0.2, 0) is 9.84 Å². The van der Waals surface area contributed by atoms with E-state index in [-0.39, 0.29) is 11.5 Å². The maximum Gasteiger partial charge on any atom is 0.175 e. The quantitative estimate of drug-likeness (QED) is 0.912. The summed E-state index contributed by atoms with van der Waals surface area (Å²) in [6.45, 7) is 6.12. The molecular weight excluding hydrogens is 312 g/mol. The molecule has 1 atom stereocenters. The van der Waals surface area contributed by atoms with Gasteiger partial charge in [-0.2, -0.15) is 0 Å². The highest BCUT2D eigenvalue weighted by atomic mass is 32.2. The number of aliphatic hydroxyl groups excluding tert-OH is 1. The second-order valence-corrected chi connectivity index (χ2v) is 7.89. The predicted molar refractivity (Wildman–Crippen MR) is 90.7 cm³/mol. The second kappa shape index (κ2) is 6.72. The van der Waals surface area contributed by atoms with E-state index in [2.05, 4.69) is 6.07 Å². The first-order valence-electron chi connectivity index (χ1n) is 7.37. The van der Waals surface area contributed by atoms with Gasteiger partial charge >= 0.3 is 0 Å². The standard InChI is InChI=1S/C18H22O4S/c1-12-9-13(2)14(3)18(10-12)22-11-17(19)15-5-7-16(8-6-15)23(4,20)21/h5-10,17,19H,11H2,1-4H3. The van der Waals surface area contributed by atoms with Crippen molar-refractivity contribution in [3.8, 4) is 5.75 Å². The van der Waals surface area contributed by atoms with Crippen LogP contribution in [0.15, 0.2) is 41.3 Å². The van der Waals surface area contributed by atoms with Gasteiger partial charge in [-0.25, -0.2) is 8.42 Å². The van der Waals surface area contributed by atoms with Gasteiger partial charge in [0.1, 0.15) is 18.5 Å². The smallest absolute Gasteiger partial charge is 0.175 e. The molecule has 0 fully saturated rings. The molecule has 0 aliphatic heterocycles. The fourth-order valence-corrected chi connectivity index (χ4v) is 2.98. The first-order chi connectivity index (χ1) is 10.7. The summed E-state index contributed by atoms with van der Waals surface area (Å²) in [5.74, 6) is 0.759. The van der Waals surface area contributed by atoms with Gasteiger partial charge in [-0.15, -0.1) is 0 Å². The third-order valence-electron chi connectivity index (χ3n) is 3.85. The van der Waals surface area contributed by atoms with Crippen molar-refractivity contribution in [2.75, 3.05) is 12.9 Å². The molecule has 0 saturated carbocycles. The van der Waals surface area contributed by atoms with Crippen LogP contribution in [0.3, 0.4) is 0 Å². The minimum Gasteiger partial charge on any atom is -0.490 e. The minimum atomic E-state index is -3.23. The summed E-state index contributed by atoms with van der Waals surface area (Å²) in [6.07, 6.45) is 0.341. The Labute approximate surface area is 137 Å². The summed E-state index contributed by atoms with van der Waals surface area (Å²) in [5.41, 5.74) is 3.93. The lowest BCUT2D eigenvalue weighted by Crippen LogP contribution is -2.11. The van der Waals surface area contributed by atoms with E-state index in [1.54, 1.807) is 12.1 Å². The largest absolute Gasteiger partial charge is 0.490 e. The Bertz CT molecular complexity index is 793. The van der Waals surface area contributed by atoms with E-state index in [0.717, 1.165) is 28.7 Å². The lowest BCUT2D eigenvalue weighted by atomic mass is 10.1. The van der Waals surface area contributed by atoms with Gasteiger partial charge in [-0.1, -0.05) is 18.2 Å². The van der Waals surface area contributed by atoms with Crippen LogP contribution in [0.4, 0.5) is 0 Å². The summed E-state index contributed by atoms with van der Waals surface area (Å²) < 4.78 is 28.6. The molecule has 1 unspecified atom stereocenters. The maximum absolute atomic E-state index is 11.4. The maximum atomic E-state index is 11.4. The SMILES string of the molecule is Cc1cc(C)c(C)c(OCC(O)c2ccc(S(C)(=O)=O)cc2)c1. The Hall–Kier alpha value is -1.85. The highest BCUT2D eigenvalue weighted by Gasteiger charge is 2.12. The van der Waals surface area contributed by atoms with Crippen LogP contribution in [0.2, 0.25) is 0 Å². The summed E-state index contributed by atoms with van der Waals surface area (Å²) in [5, 5.41) is 10.2. The molecule has 4 nitrogen and oxygen atoms in total. The summed E-state index contributed by atoms with van der Waals surface area (Å²) in [7, 11) is -3.23. The summed E-state index contributed by atoms with van der Waals surface area (Å²) in [6, 6.07) is 10.2. The number of aryl methyl sites for hydroxylation is 2. The van der Waals surface area contributed by atoms with Crippen molar-refractivity contribution in [1.82, 2.24) is 0 Å². The van der Waals surface area contributed by atoms with Gasteiger partial charge in [0.25, 0.3) is 0 Å². The number of sulfone groups is 1. The molecule has 124 valence electrons. The summed E-state index contributed by atoms with van der Waals surface area (Å²) >= 11 is 0. The van der Waals surface area contributed by atoms with Gasteiger partial charge in [0.15, 0.2) is 9.84 Å². The second-order valence-electron chi connectivity index (χ2n) is 5.87. The highest BCUT2D eigenvalue weighted by molar-refractivity contribution is 7.90. The molecule has 0 heterocycles. The first-order valence-corrected chi connectivity index (χ1v) is 9.26. The fraction of sp³-hybridized carbons (Fsp3) is 0.333. The van der Waals surface area contributed by atoms with E-state index in [4.69, 9.17) is 4.74 Å². The Kier molecular flexibility index (Phi) is 5.12. The molecule has 0 amide bonds. The Balaban J connectivity index is 2.10. The number of rotatable bonds is 5. The van der Waals surface area contributed by atoms with Crippen LogP contribution in [0.1, 0.15) is 28.4 Å². The van der Waals surface area contributed by atoms with Crippen LogP contribution in [0.25, 0.3) is 0 Å². The van der Waals surface area contributed by atoms with Crippen molar-refractivity contribution in [3.63, 3.8) is 0 Å². The molecule has 0 saturated heterocycles. The molecule has 2 aromatic rings. The molecule has 0 radical (unpaired) electrons. The predicted octanol–water partition coefficient (Wildman–Crippen LogP) is 3.13. The molecule has 0 bridgehead atoms. The van der Waals surface area contributed by atoms with Crippen molar-refractivity contribution in [2.45, 2.75) is 31.8 Å². The molecule has 2 rings (SSSR count). The van der Waals surface area contributed by atoms with Crippen molar-refractivity contribution in [2.24, 2.45) is 0 Å². The van der Waals surface area contributed by atoms with E-state index >= 15 is 0 Å². The average Bonchev–Trinajstić information content (AvgIpc) is 2.48. The molecule has 1 N–H and O–H groups in total. The van der Waals surface area contributed by atoms with Gasteiger partial charge in [0.05, 0.1) is 4.90 Å². The topological polar surface area (TPSA) is 63.6 Å². The molecular formula is C18H22O4S. The molecule has 5 heteroatoms. The zero-order valence-corrected chi connectivity index (χ0v) is 14.6. The molecule has 0 spiro atoms. The lowest BCUT2D eigenvalue weighted by Gasteiger charge is -2.16. The monoisotopic (exact) mass is 334 g/mol. The van der Waals surface area contributed by atoms with E-state index in [9.17, 15) is 13.5 Å². The first kappa shape index (κ1) is 17.5. The molecule has 0 aliphatic carbocycles. The van der Waals surface area contributed by atoms with Crippen molar-refractivity contribution in [1.29, 1.82) is 0 Å². The molecule has 0 aromatic heterocycles. The van der Waals surface area contributed by atoms with E-state index in [1.165, 1.54) is 12.1 Å². The van der Waals surface area contributed by atoms with Gasteiger partial charge < -0.3 is 9.84 Å². The molecule has 0 aliphatic rings. The number of hydrogen-bond acceptors (Lipinski definition) is 4. The fourth-order valence-electron chi connectivity index (χ4n) is 2.35. The van der Waals surface area contributed by atoms with Crippen LogP contribution in [-0.4, -0.2) is 26.4 Å². The van der Waals surface area contributed by atoms with Crippen LogP contribution in [0, 0.1) is 20.8 Å². The number of aliphatic hydroxyl groups is 1. The van der Waals surface area contributed by atoms with Crippen LogP contribution >= 0.6 is 0 Å². The van der Waals surface area contributed by atoms with E-state index in [1.807, 2.05) is 26.8 Å². The Morgan fingerprint density at radius 2 is 1.70 bits per heavy atom. The minimum absolute atomic E-state index is 0.113. The van der Waals surface area contributed by atoms with Crippen molar-refractivity contribution in [3.05, 3.63) is 58.7 Å². The zero-order chi connectivity index (χ0) is 17.2. The van der Waals surface area contributed by atoms with Gasteiger partial charge in [-0.3, -0.25) is 0 Å². The third-order valence-corrected chi connectivity index (χ3v) is 4.98.